The molecule has 4 aromatic heterocycles. The zero-order chi connectivity index (χ0) is 17.1. The summed E-state index contributed by atoms with van der Waals surface area (Å²) in [6.45, 7) is 0. The average molecular weight is 331 g/mol. The SMILES string of the molecule is COc1cncc(-c2cccnc2)c1-c1nc(-c2ccccn2)no1. The quantitative estimate of drug-likeness (QED) is 0.567. The van der Waals surface area contributed by atoms with Crippen molar-refractivity contribution < 1.29 is 9.26 Å². The van der Waals surface area contributed by atoms with E-state index < -0.39 is 0 Å². The van der Waals surface area contributed by atoms with Gasteiger partial charge in [0.25, 0.3) is 5.89 Å². The Kier molecular flexibility index (Phi) is 3.88. The van der Waals surface area contributed by atoms with Crippen LogP contribution in [-0.4, -0.2) is 32.2 Å². The second-order valence-corrected chi connectivity index (χ2v) is 5.14. The van der Waals surface area contributed by atoms with Crippen molar-refractivity contribution in [1.29, 1.82) is 0 Å². The molecule has 0 saturated carbocycles. The van der Waals surface area contributed by atoms with Gasteiger partial charge in [0.1, 0.15) is 5.69 Å². The van der Waals surface area contributed by atoms with Crippen molar-refractivity contribution in [2.45, 2.75) is 0 Å². The maximum absolute atomic E-state index is 5.48. The Bertz CT molecular complexity index is 987. The Morgan fingerprint density at radius 2 is 1.92 bits per heavy atom. The average Bonchev–Trinajstić information content (AvgIpc) is 3.18. The van der Waals surface area contributed by atoms with E-state index in [2.05, 4.69) is 25.1 Å². The van der Waals surface area contributed by atoms with Gasteiger partial charge in [0.2, 0.25) is 5.82 Å². The first-order valence-corrected chi connectivity index (χ1v) is 7.54. The molecule has 0 saturated heterocycles. The molecule has 0 unspecified atom stereocenters. The third-order valence-corrected chi connectivity index (χ3v) is 3.64. The normalized spacial score (nSPS) is 10.6. The summed E-state index contributed by atoms with van der Waals surface area (Å²) in [6, 6.07) is 9.30. The number of rotatable bonds is 4. The Morgan fingerprint density at radius 1 is 0.960 bits per heavy atom. The van der Waals surface area contributed by atoms with E-state index in [0.29, 0.717) is 28.7 Å². The van der Waals surface area contributed by atoms with Gasteiger partial charge >= 0.3 is 0 Å². The van der Waals surface area contributed by atoms with Crippen LogP contribution in [0.5, 0.6) is 5.75 Å². The minimum absolute atomic E-state index is 0.332. The predicted octanol–water partition coefficient (Wildman–Crippen LogP) is 3.26. The van der Waals surface area contributed by atoms with Gasteiger partial charge in [-0.15, -0.1) is 0 Å². The molecule has 122 valence electrons. The molecule has 4 heterocycles. The number of pyridine rings is 3. The summed E-state index contributed by atoms with van der Waals surface area (Å²) < 4.78 is 10.9. The van der Waals surface area contributed by atoms with Gasteiger partial charge in [-0.3, -0.25) is 15.0 Å². The number of nitrogens with zero attached hydrogens (tertiary/aromatic N) is 5. The molecule has 0 aromatic carbocycles. The minimum Gasteiger partial charge on any atom is -0.494 e. The van der Waals surface area contributed by atoms with E-state index in [1.807, 2.05) is 30.3 Å². The third-order valence-electron chi connectivity index (χ3n) is 3.64. The maximum Gasteiger partial charge on any atom is 0.262 e. The third kappa shape index (κ3) is 2.83. The van der Waals surface area contributed by atoms with Gasteiger partial charge < -0.3 is 9.26 Å². The maximum atomic E-state index is 5.48. The van der Waals surface area contributed by atoms with Crippen LogP contribution in [0.3, 0.4) is 0 Å². The van der Waals surface area contributed by atoms with Gasteiger partial charge in [-0.05, 0) is 18.2 Å². The van der Waals surface area contributed by atoms with Gasteiger partial charge in [-0.2, -0.15) is 4.98 Å². The number of hydrogen-bond acceptors (Lipinski definition) is 7. The smallest absolute Gasteiger partial charge is 0.262 e. The lowest BCUT2D eigenvalue weighted by Gasteiger charge is -2.09. The summed E-state index contributed by atoms with van der Waals surface area (Å²) in [7, 11) is 1.57. The van der Waals surface area contributed by atoms with Crippen molar-refractivity contribution in [1.82, 2.24) is 25.1 Å². The molecule has 0 aliphatic rings. The van der Waals surface area contributed by atoms with Crippen LogP contribution in [0.1, 0.15) is 0 Å². The molecule has 0 bridgehead atoms. The fourth-order valence-corrected chi connectivity index (χ4v) is 2.48. The van der Waals surface area contributed by atoms with E-state index in [-0.39, 0.29) is 0 Å². The van der Waals surface area contributed by atoms with Crippen LogP contribution in [0, 0.1) is 0 Å². The standard InChI is InChI=1S/C18H13N5O2/c1-24-15-11-20-10-13(12-5-4-7-19-9-12)16(15)18-22-17(23-25-18)14-6-2-3-8-21-14/h2-11H,1H3. The van der Waals surface area contributed by atoms with Crippen LogP contribution in [-0.2, 0) is 0 Å². The highest BCUT2D eigenvalue weighted by Crippen LogP contribution is 2.37. The fraction of sp³-hybridized carbons (Fsp3) is 0.0556. The van der Waals surface area contributed by atoms with Crippen LogP contribution in [0.25, 0.3) is 34.1 Å². The van der Waals surface area contributed by atoms with Gasteiger partial charge in [0, 0.05) is 35.9 Å². The highest BCUT2D eigenvalue weighted by Gasteiger charge is 2.20. The highest BCUT2D eigenvalue weighted by molar-refractivity contribution is 5.83. The summed E-state index contributed by atoms with van der Waals surface area (Å²) in [6.07, 6.45) is 8.47. The zero-order valence-corrected chi connectivity index (χ0v) is 13.3. The summed E-state index contributed by atoms with van der Waals surface area (Å²) in [5.41, 5.74) is 2.97. The monoisotopic (exact) mass is 331 g/mol. The van der Waals surface area contributed by atoms with Crippen LogP contribution in [0.2, 0.25) is 0 Å². The van der Waals surface area contributed by atoms with Crippen LogP contribution < -0.4 is 4.74 Å². The Hall–Kier alpha value is -3.61. The summed E-state index contributed by atoms with van der Waals surface area (Å²) in [5.74, 6) is 1.28. The minimum atomic E-state index is 0.332. The Labute approximate surface area is 143 Å². The van der Waals surface area contributed by atoms with Crippen LogP contribution in [0.4, 0.5) is 0 Å². The van der Waals surface area contributed by atoms with Crippen molar-refractivity contribution in [2.75, 3.05) is 7.11 Å². The van der Waals surface area contributed by atoms with Gasteiger partial charge in [0.05, 0.1) is 18.9 Å². The second kappa shape index (κ2) is 6.48. The van der Waals surface area contributed by atoms with E-state index in [1.165, 1.54) is 0 Å². The highest BCUT2D eigenvalue weighted by atomic mass is 16.5. The van der Waals surface area contributed by atoms with E-state index in [9.17, 15) is 0 Å². The Morgan fingerprint density at radius 3 is 2.68 bits per heavy atom. The molecule has 0 aliphatic heterocycles. The molecule has 25 heavy (non-hydrogen) atoms. The molecule has 4 rings (SSSR count). The Balaban J connectivity index is 1.87. The first kappa shape index (κ1) is 14.9. The van der Waals surface area contributed by atoms with E-state index >= 15 is 0 Å². The van der Waals surface area contributed by atoms with Crippen molar-refractivity contribution in [3.63, 3.8) is 0 Å². The van der Waals surface area contributed by atoms with Gasteiger partial charge in [-0.25, -0.2) is 0 Å². The van der Waals surface area contributed by atoms with Gasteiger partial charge in [0.15, 0.2) is 5.75 Å². The molecule has 4 aromatic rings. The van der Waals surface area contributed by atoms with Crippen molar-refractivity contribution >= 4 is 0 Å². The van der Waals surface area contributed by atoms with Crippen molar-refractivity contribution in [2.24, 2.45) is 0 Å². The molecule has 7 heteroatoms. The van der Waals surface area contributed by atoms with Crippen LogP contribution in [0.15, 0.2) is 65.8 Å². The zero-order valence-electron chi connectivity index (χ0n) is 13.3. The molecule has 0 radical (unpaired) electrons. The molecule has 0 spiro atoms. The first-order valence-electron chi connectivity index (χ1n) is 7.54. The molecule has 0 N–H and O–H groups in total. The molecular weight excluding hydrogens is 318 g/mol. The molecular formula is C18H13N5O2. The molecule has 7 nitrogen and oxygen atoms in total. The number of ether oxygens (including phenoxy) is 1. The molecule has 0 aliphatic carbocycles. The predicted molar refractivity (Wildman–Crippen MR) is 90.5 cm³/mol. The summed E-state index contributed by atoms with van der Waals surface area (Å²) >= 11 is 0. The molecule has 0 fully saturated rings. The molecule has 0 amide bonds. The number of methoxy groups -OCH3 is 1. The van der Waals surface area contributed by atoms with E-state index in [0.717, 1.165) is 11.1 Å². The topological polar surface area (TPSA) is 86.8 Å². The fourth-order valence-electron chi connectivity index (χ4n) is 2.48. The lowest BCUT2D eigenvalue weighted by atomic mass is 10.0. The number of hydrogen-bond donors (Lipinski definition) is 0. The second-order valence-electron chi connectivity index (χ2n) is 5.14. The lowest BCUT2D eigenvalue weighted by molar-refractivity contribution is 0.404. The van der Waals surface area contributed by atoms with Crippen molar-refractivity contribution in [3.05, 3.63) is 61.3 Å². The lowest BCUT2D eigenvalue weighted by Crippen LogP contribution is -1.94. The summed E-state index contributed by atoms with van der Waals surface area (Å²) in [4.78, 5) is 17.1. The first-order chi connectivity index (χ1) is 12.4. The van der Waals surface area contributed by atoms with E-state index in [4.69, 9.17) is 9.26 Å². The summed E-state index contributed by atoms with van der Waals surface area (Å²) in [5, 5.41) is 4.03. The van der Waals surface area contributed by atoms with Crippen molar-refractivity contribution in [3.8, 4) is 39.8 Å². The largest absolute Gasteiger partial charge is 0.494 e. The number of aromatic nitrogens is 5. The van der Waals surface area contributed by atoms with Gasteiger partial charge in [-0.1, -0.05) is 17.3 Å². The molecule has 0 atom stereocenters. The van der Waals surface area contributed by atoms with Crippen LogP contribution >= 0.6 is 0 Å². The van der Waals surface area contributed by atoms with E-state index in [1.54, 1.807) is 38.1 Å².